The number of H-pyrrole nitrogens is 1. The van der Waals surface area contributed by atoms with Crippen molar-refractivity contribution >= 4 is 21.7 Å². The summed E-state index contributed by atoms with van der Waals surface area (Å²) in [4.78, 5) is 0.135. The normalized spacial score (nSPS) is 11.7. The van der Waals surface area contributed by atoms with Crippen molar-refractivity contribution in [1.82, 2.24) is 20.4 Å². The Morgan fingerprint density at radius 2 is 1.82 bits per heavy atom. The van der Waals surface area contributed by atoms with E-state index in [-0.39, 0.29) is 10.7 Å². The second kappa shape index (κ2) is 6.30. The molecule has 9 heteroatoms. The molecule has 2 aromatic heterocycles. The van der Waals surface area contributed by atoms with Gasteiger partial charge in [0, 0.05) is 6.54 Å². The quantitative estimate of drug-likeness (QED) is 0.745. The maximum absolute atomic E-state index is 12.3. The molecule has 0 aliphatic carbocycles. The van der Waals surface area contributed by atoms with E-state index in [1.165, 1.54) is 0 Å². The van der Waals surface area contributed by atoms with Crippen LogP contribution in [0.3, 0.4) is 0 Å². The molecular formula is C13H20N6O2S. The smallest absolute Gasteiger partial charge is 0.266 e. The molecule has 2 heterocycles. The zero-order chi connectivity index (χ0) is 16.3. The van der Waals surface area contributed by atoms with Gasteiger partial charge in [0.25, 0.3) is 10.0 Å². The minimum atomic E-state index is -3.74. The first-order chi connectivity index (χ1) is 10.3. The average Bonchev–Trinajstić information content (AvgIpc) is 2.77. The van der Waals surface area contributed by atoms with Gasteiger partial charge in [0.1, 0.15) is 10.7 Å². The highest BCUT2D eigenvalue weighted by atomic mass is 32.2. The number of aromatic nitrogens is 4. The Hall–Kier alpha value is -2.16. The predicted molar refractivity (Wildman–Crippen MR) is 84.2 cm³/mol. The molecule has 0 aliphatic rings. The van der Waals surface area contributed by atoms with Gasteiger partial charge in [0.15, 0.2) is 5.82 Å². The first-order valence-electron chi connectivity index (χ1n) is 6.91. The Balaban J connectivity index is 2.13. The van der Waals surface area contributed by atoms with Crippen molar-refractivity contribution in [2.24, 2.45) is 5.92 Å². The molecule has 0 amide bonds. The van der Waals surface area contributed by atoms with Crippen LogP contribution in [0.2, 0.25) is 0 Å². The van der Waals surface area contributed by atoms with Gasteiger partial charge in [-0.25, -0.2) is 8.42 Å². The molecule has 0 unspecified atom stereocenters. The van der Waals surface area contributed by atoms with Gasteiger partial charge in [-0.3, -0.25) is 9.82 Å². The highest BCUT2D eigenvalue weighted by Gasteiger charge is 2.22. The highest BCUT2D eigenvalue weighted by molar-refractivity contribution is 7.92. The van der Waals surface area contributed by atoms with E-state index in [1.807, 2.05) is 0 Å². The zero-order valence-electron chi connectivity index (χ0n) is 13.0. The van der Waals surface area contributed by atoms with Gasteiger partial charge in [-0.2, -0.15) is 5.10 Å². The van der Waals surface area contributed by atoms with Gasteiger partial charge in [-0.05, 0) is 31.9 Å². The number of anilines is 2. The van der Waals surface area contributed by atoms with Crippen molar-refractivity contribution in [3.8, 4) is 0 Å². The average molecular weight is 324 g/mol. The van der Waals surface area contributed by atoms with Gasteiger partial charge in [-0.1, -0.05) is 13.8 Å². The highest BCUT2D eigenvalue weighted by Crippen LogP contribution is 2.19. The Bertz CT molecular complexity index is 717. The van der Waals surface area contributed by atoms with E-state index < -0.39 is 10.0 Å². The van der Waals surface area contributed by atoms with Crippen LogP contribution in [0.4, 0.5) is 11.6 Å². The number of hydrogen-bond acceptors (Lipinski definition) is 6. The largest absolute Gasteiger partial charge is 0.368 e. The van der Waals surface area contributed by atoms with Crippen LogP contribution in [0, 0.1) is 19.8 Å². The molecule has 120 valence electrons. The fraction of sp³-hybridized carbons (Fsp3) is 0.462. The van der Waals surface area contributed by atoms with Gasteiger partial charge in [0.2, 0.25) is 0 Å². The molecule has 0 aromatic carbocycles. The lowest BCUT2D eigenvalue weighted by molar-refractivity contribution is 0.600. The van der Waals surface area contributed by atoms with E-state index >= 15 is 0 Å². The van der Waals surface area contributed by atoms with E-state index in [2.05, 4.69) is 44.3 Å². The first-order valence-corrected chi connectivity index (χ1v) is 8.40. The van der Waals surface area contributed by atoms with Gasteiger partial charge >= 0.3 is 0 Å². The third-order valence-electron chi connectivity index (χ3n) is 2.92. The lowest BCUT2D eigenvalue weighted by atomic mass is 10.2. The van der Waals surface area contributed by atoms with Crippen molar-refractivity contribution in [2.75, 3.05) is 16.6 Å². The third-order valence-corrected chi connectivity index (χ3v) is 4.54. The van der Waals surface area contributed by atoms with Crippen LogP contribution in [0.25, 0.3) is 0 Å². The fourth-order valence-electron chi connectivity index (χ4n) is 1.91. The van der Waals surface area contributed by atoms with Crippen LogP contribution in [-0.4, -0.2) is 35.4 Å². The van der Waals surface area contributed by atoms with E-state index in [9.17, 15) is 8.42 Å². The van der Waals surface area contributed by atoms with Crippen molar-refractivity contribution < 1.29 is 8.42 Å². The van der Waals surface area contributed by atoms with Crippen molar-refractivity contribution in [3.05, 3.63) is 23.5 Å². The van der Waals surface area contributed by atoms with E-state index in [1.54, 1.807) is 26.0 Å². The summed E-state index contributed by atoms with van der Waals surface area (Å²) in [7, 11) is -3.74. The Labute approximate surface area is 129 Å². The van der Waals surface area contributed by atoms with Crippen LogP contribution < -0.4 is 10.0 Å². The number of aryl methyl sites for hydroxylation is 2. The van der Waals surface area contributed by atoms with Crippen molar-refractivity contribution in [1.29, 1.82) is 0 Å². The summed E-state index contributed by atoms with van der Waals surface area (Å²) >= 11 is 0. The lowest BCUT2D eigenvalue weighted by Gasteiger charge is -2.09. The number of aromatic amines is 1. The summed E-state index contributed by atoms with van der Waals surface area (Å²) in [6.07, 6.45) is 0. The summed E-state index contributed by atoms with van der Waals surface area (Å²) in [5, 5.41) is 17.5. The Kier molecular flexibility index (Phi) is 4.65. The number of hydrogen-bond donors (Lipinski definition) is 3. The monoisotopic (exact) mass is 324 g/mol. The fourth-order valence-corrected chi connectivity index (χ4v) is 3.28. The Morgan fingerprint density at radius 3 is 2.32 bits per heavy atom. The van der Waals surface area contributed by atoms with E-state index in [0.717, 1.165) is 6.54 Å². The molecule has 22 heavy (non-hydrogen) atoms. The number of nitrogens with one attached hydrogen (secondary N) is 3. The lowest BCUT2D eigenvalue weighted by Crippen LogP contribution is -2.16. The Morgan fingerprint density at radius 1 is 1.18 bits per heavy atom. The summed E-state index contributed by atoms with van der Waals surface area (Å²) in [5.74, 6) is 1.24. The molecule has 0 aliphatic heterocycles. The molecule has 0 radical (unpaired) electrons. The standard InChI is InChI=1S/C13H20N6O2S/c1-8(2)7-14-11-5-6-12(18-17-11)19-22(20,21)13-9(3)15-16-10(13)4/h5-6,8H,7H2,1-4H3,(H,14,17)(H,15,16)(H,18,19). The molecule has 0 saturated carbocycles. The minimum absolute atomic E-state index is 0.135. The molecule has 2 aromatic rings. The molecule has 3 N–H and O–H groups in total. The molecule has 0 fully saturated rings. The first kappa shape index (κ1) is 16.2. The van der Waals surface area contributed by atoms with Crippen LogP contribution >= 0.6 is 0 Å². The minimum Gasteiger partial charge on any atom is -0.368 e. The topological polar surface area (TPSA) is 113 Å². The maximum Gasteiger partial charge on any atom is 0.266 e. The molecule has 0 bridgehead atoms. The van der Waals surface area contributed by atoms with E-state index in [0.29, 0.717) is 23.1 Å². The number of sulfonamides is 1. The SMILES string of the molecule is Cc1n[nH]c(C)c1S(=O)(=O)Nc1ccc(NCC(C)C)nn1. The van der Waals surface area contributed by atoms with Crippen LogP contribution in [-0.2, 0) is 10.0 Å². The predicted octanol–water partition coefficient (Wildman–Crippen LogP) is 1.69. The van der Waals surface area contributed by atoms with E-state index in [4.69, 9.17) is 0 Å². The maximum atomic E-state index is 12.3. The molecular weight excluding hydrogens is 304 g/mol. The summed E-state index contributed by atoms with van der Waals surface area (Å²) in [6, 6.07) is 3.25. The summed E-state index contributed by atoms with van der Waals surface area (Å²) in [6.45, 7) is 8.21. The second-order valence-electron chi connectivity index (χ2n) is 5.45. The number of nitrogens with zero attached hydrogens (tertiary/aromatic N) is 3. The van der Waals surface area contributed by atoms with Gasteiger partial charge in [0.05, 0.1) is 11.4 Å². The zero-order valence-corrected chi connectivity index (χ0v) is 13.8. The molecule has 0 atom stereocenters. The molecule has 0 saturated heterocycles. The summed E-state index contributed by atoms with van der Waals surface area (Å²) in [5.41, 5.74) is 0.890. The van der Waals surface area contributed by atoms with Crippen molar-refractivity contribution in [3.63, 3.8) is 0 Å². The van der Waals surface area contributed by atoms with Crippen LogP contribution in [0.1, 0.15) is 25.2 Å². The van der Waals surface area contributed by atoms with Gasteiger partial charge in [-0.15, -0.1) is 10.2 Å². The molecule has 0 spiro atoms. The molecule has 8 nitrogen and oxygen atoms in total. The molecule has 2 rings (SSSR count). The van der Waals surface area contributed by atoms with Crippen molar-refractivity contribution in [2.45, 2.75) is 32.6 Å². The summed E-state index contributed by atoms with van der Waals surface area (Å²) < 4.78 is 27.1. The van der Waals surface area contributed by atoms with Crippen LogP contribution in [0.15, 0.2) is 17.0 Å². The van der Waals surface area contributed by atoms with Gasteiger partial charge < -0.3 is 5.32 Å². The number of rotatable bonds is 6. The second-order valence-corrected chi connectivity index (χ2v) is 7.07. The third kappa shape index (κ3) is 3.73. The van der Waals surface area contributed by atoms with Crippen LogP contribution in [0.5, 0.6) is 0 Å².